The minimum absolute atomic E-state index is 0. The molecule has 1 heterocycles. The van der Waals surface area contributed by atoms with Crippen LogP contribution in [0.15, 0.2) is 29.3 Å². The molecule has 0 radical (unpaired) electrons. The Morgan fingerprint density at radius 2 is 2.12 bits per heavy atom. The number of hydrogen-bond acceptors (Lipinski definition) is 4. The number of methoxy groups -OCH3 is 1. The fraction of sp³-hybridized carbons (Fsp3) is 0.611. The van der Waals surface area contributed by atoms with Gasteiger partial charge in [0.05, 0.1) is 25.4 Å². The molecule has 0 spiro atoms. The molecule has 26 heavy (non-hydrogen) atoms. The Balaban J connectivity index is 0.00000338. The number of benzene rings is 1. The zero-order valence-corrected chi connectivity index (χ0v) is 17.9. The van der Waals surface area contributed by atoms with Crippen molar-refractivity contribution in [2.45, 2.75) is 31.6 Å². The third-order valence-corrected chi connectivity index (χ3v) is 4.06. The summed E-state index contributed by atoms with van der Waals surface area (Å²) in [6.45, 7) is 4.59. The molecule has 148 valence electrons. The van der Waals surface area contributed by atoms with Crippen LogP contribution in [0.3, 0.4) is 0 Å². The van der Waals surface area contributed by atoms with E-state index in [1.807, 2.05) is 6.92 Å². The predicted octanol–water partition coefficient (Wildman–Crippen LogP) is 2.49. The SMILES string of the molecule is CN=C(NCC(OC)c1ccc(F)cc1)NC(C)COC1CCOC1.I. The second kappa shape index (κ2) is 12.4. The van der Waals surface area contributed by atoms with Crippen molar-refractivity contribution in [2.75, 3.05) is 40.5 Å². The molecule has 0 bridgehead atoms. The minimum atomic E-state index is -0.259. The highest BCUT2D eigenvalue weighted by atomic mass is 127. The number of halogens is 2. The fourth-order valence-electron chi connectivity index (χ4n) is 2.60. The number of aliphatic imine (C=N–C) groups is 1. The first kappa shape index (κ1) is 23.1. The number of ether oxygens (including phenoxy) is 3. The summed E-state index contributed by atoms with van der Waals surface area (Å²) in [5.74, 6) is 0.411. The zero-order chi connectivity index (χ0) is 18.1. The average molecular weight is 481 g/mol. The summed E-state index contributed by atoms with van der Waals surface area (Å²) in [4.78, 5) is 4.22. The fourth-order valence-corrected chi connectivity index (χ4v) is 2.60. The van der Waals surface area contributed by atoms with Gasteiger partial charge in [-0.1, -0.05) is 12.1 Å². The van der Waals surface area contributed by atoms with Gasteiger partial charge < -0.3 is 24.8 Å². The molecule has 0 aliphatic carbocycles. The van der Waals surface area contributed by atoms with Crippen LogP contribution in [0.25, 0.3) is 0 Å². The third kappa shape index (κ3) is 7.73. The number of hydrogen-bond donors (Lipinski definition) is 2. The Bertz CT molecular complexity index is 539. The van der Waals surface area contributed by atoms with Crippen molar-refractivity contribution < 1.29 is 18.6 Å². The lowest BCUT2D eigenvalue weighted by atomic mass is 10.1. The lowest BCUT2D eigenvalue weighted by Crippen LogP contribution is -2.45. The van der Waals surface area contributed by atoms with Gasteiger partial charge in [-0.2, -0.15) is 0 Å². The molecule has 6 nitrogen and oxygen atoms in total. The van der Waals surface area contributed by atoms with Crippen LogP contribution in [0.5, 0.6) is 0 Å². The zero-order valence-electron chi connectivity index (χ0n) is 15.5. The van der Waals surface area contributed by atoms with Crippen LogP contribution in [-0.4, -0.2) is 58.6 Å². The highest BCUT2D eigenvalue weighted by molar-refractivity contribution is 14.0. The molecule has 2 rings (SSSR count). The molecule has 0 amide bonds. The molecule has 2 N–H and O–H groups in total. The van der Waals surface area contributed by atoms with Gasteiger partial charge in [-0.25, -0.2) is 4.39 Å². The van der Waals surface area contributed by atoms with E-state index in [0.717, 1.165) is 18.6 Å². The van der Waals surface area contributed by atoms with Gasteiger partial charge in [-0.05, 0) is 31.0 Å². The van der Waals surface area contributed by atoms with E-state index in [-0.39, 0.29) is 48.0 Å². The first-order valence-electron chi connectivity index (χ1n) is 8.57. The summed E-state index contributed by atoms with van der Waals surface area (Å²) < 4.78 is 29.6. The van der Waals surface area contributed by atoms with Gasteiger partial charge in [0.1, 0.15) is 5.82 Å². The predicted molar refractivity (Wildman–Crippen MR) is 111 cm³/mol. The summed E-state index contributed by atoms with van der Waals surface area (Å²) in [6, 6.07) is 6.42. The van der Waals surface area contributed by atoms with Crippen molar-refractivity contribution in [1.29, 1.82) is 0 Å². The summed E-state index contributed by atoms with van der Waals surface area (Å²) in [7, 11) is 3.35. The number of guanidine groups is 1. The molecule has 1 aliphatic heterocycles. The van der Waals surface area contributed by atoms with E-state index in [4.69, 9.17) is 14.2 Å². The monoisotopic (exact) mass is 481 g/mol. The number of nitrogens with one attached hydrogen (secondary N) is 2. The van der Waals surface area contributed by atoms with Crippen molar-refractivity contribution in [3.05, 3.63) is 35.6 Å². The van der Waals surface area contributed by atoms with E-state index < -0.39 is 0 Å². The molecule has 3 atom stereocenters. The van der Waals surface area contributed by atoms with Crippen molar-refractivity contribution in [2.24, 2.45) is 4.99 Å². The van der Waals surface area contributed by atoms with Gasteiger partial charge in [0, 0.05) is 33.4 Å². The maximum atomic E-state index is 13.0. The maximum Gasteiger partial charge on any atom is 0.191 e. The van der Waals surface area contributed by atoms with Crippen LogP contribution in [0, 0.1) is 5.82 Å². The van der Waals surface area contributed by atoms with E-state index in [2.05, 4.69) is 15.6 Å². The largest absolute Gasteiger partial charge is 0.379 e. The molecule has 3 unspecified atom stereocenters. The minimum Gasteiger partial charge on any atom is -0.379 e. The molecular weight excluding hydrogens is 452 g/mol. The molecule has 0 saturated carbocycles. The lowest BCUT2D eigenvalue weighted by Gasteiger charge is -2.22. The van der Waals surface area contributed by atoms with Gasteiger partial charge >= 0.3 is 0 Å². The second-order valence-electron chi connectivity index (χ2n) is 6.09. The van der Waals surface area contributed by atoms with Gasteiger partial charge in [0.15, 0.2) is 5.96 Å². The van der Waals surface area contributed by atoms with Crippen LogP contribution in [0.4, 0.5) is 4.39 Å². The second-order valence-corrected chi connectivity index (χ2v) is 6.09. The quantitative estimate of drug-likeness (QED) is 0.340. The van der Waals surface area contributed by atoms with Crippen LogP contribution in [0.2, 0.25) is 0 Å². The summed E-state index contributed by atoms with van der Waals surface area (Å²) in [5, 5.41) is 6.52. The normalized spacial score (nSPS) is 19.5. The first-order valence-corrected chi connectivity index (χ1v) is 8.57. The summed E-state index contributed by atoms with van der Waals surface area (Å²) in [6.07, 6.45) is 0.948. The highest BCUT2D eigenvalue weighted by Gasteiger charge is 2.17. The molecule has 1 aromatic rings. The van der Waals surface area contributed by atoms with Crippen molar-refractivity contribution >= 4 is 29.9 Å². The maximum absolute atomic E-state index is 13.0. The number of nitrogens with zero attached hydrogens (tertiary/aromatic N) is 1. The van der Waals surface area contributed by atoms with Crippen molar-refractivity contribution in [3.63, 3.8) is 0 Å². The molecule has 0 aromatic heterocycles. The van der Waals surface area contributed by atoms with Crippen LogP contribution < -0.4 is 10.6 Å². The number of rotatable bonds is 8. The molecule has 1 fully saturated rings. The Hall–Kier alpha value is -0.970. The van der Waals surface area contributed by atoms with Crippen LogP contribution >= 0.6 is 24.0 Å². The van der Waals surface area contributed by atoms with Gasteiger partial charge in [0.25, 0.3) is 0 Å². The molecule has 1 saturated heterocycles. The van der Waals surface area contributed by atoms with E-state index in [1.54, 1.807) is 26.3 Å². The van der Waals surface area contributed by atoms with Crippen LogP contribution in [-0.2, 0) is 14.2 Å². The lowest BCUT2D eigenvalue weighted by molar-refractivity contribution is 0.0347. The van der Waals surface area contributed by atoms with E-state index >= 15 is 0 Å². The standard InChI is InChI=1S/C18H28FN3O3.HI/c1-13(11-25-16-8-9-24-12-16)22-18(20-2)21-10-17(23-3)14-4-6-15(19)7-5-14;/h4-7,13,16-17H,8-12H2,1-3H3,(H2,20,21,22);1H. The van der Waals surface area contributed by atoms with Gasteiger partial charge in [-0.3, -0.25) is 4.99 Å². The highest BCUT2D eigenvalue weighted by Crippen LogP contribution is 2.16. The van der Waals surface area contributed by atoms with Crippen molar-refractivity contribution in [1.82, 2.24) is 10.6 Å². The summed E-state index contributed by atoms with van der Waals surface area (Å²) >= 11 is 0. The first-order chi connectivity index (χ1) is 12.1. The Morgan fingerprint density at radius 3 is 2.69 bits per heavy atom. The van der Waals surface area contributed by atoms with E-state index in [1.165, 1.54) is 12.1 Å². The topological polar surface area (TPSA) is 64.1 Å². The third-order valence-electron chi connectivity index (χ3n) is 4.06. The van der Waals surface area contributed by atoms with Gasteiger partial charge in [0.2, 0.25) is 0 Å². The molecule has 8 heteroatoms. The molecule has 1 aliphatic rings. The van der Waals surface area contributed by atoms with E-state index in [0.29, 0.717) is 25.7 Å². The smallest absolute Gasteiger partial charge is 0.191 e. The molecular formula is C18H29FIN3O3. The summed E-state index contributed by atoms with van der Waals surface area (Å²) in [5.41, 5.74) is 0.907. The van der Waals surface area contributed by atoms with Crippen LogP contribution in [0.1, 0.15) is 25.0 Å². The average Bonchev–Trinajstić information content (AvgIpc) is 3.14. The Labute approximate surface area is 171 Å². The Kier molecular flexibility index (Phi) is 11.0. The van der Waals surface area contributed by atoms with Gasteiger partial charge in [-0.15, -0.1) is 24.0 Å². The van der Waals surface area contributed by atoms with Crippen molar-refractivity contribution in [3.8, 4) is 0 Å². The molecule has 1 aromatic carbocycles. The Morgan fingerprint density at radius 1 is 1.38 bits per heavy atom. The van der Waals surface area contributed by atoms with E-state index in [9.17, 15) is 4.39 Å².